The van der Waals surface area contributed by atoms with Gasteiger partial charge in [0.15, 0.2) is 0 Å². The van der Waals surface area contributed by atoms with Crippen molar-refractivity contribution >= 4 is 33.2 Å². The lowest BCUT2D eigenvalue weighted by Gasteiger charge is -2.32. The number of nitrogens with zero attached hydrogens (tertiary/aromatic N) is 1. The van der Waals surface area contributed by atoms with Gasteiger partial charge in [-0.1, -0.05) is 18.0 Å². The summed E-state index contributed by atoms with van der Waals surface area (Å²) in [5, 5.41) is 4.24. The lowest BCUT2D eigenvalue weighted by atomic mass is 10.0. The molecule has 2 nitrogen and oxygen atoms in total. The number of likely N-dealkylation sites (tertiary alicyclic amines) is 1. The van der Waals surface area contributed by atoms with Crippen molar-refractivity contribution in [2.45, 2.75) is 25.3 Å². The van der Waals surface area contributed by atoms with Gasteiger partial charge in [0.05, 0.1) is 5.02 Å². The second kappa shape index (κ2) is 6.07. The third kappa shape index (κ3) is 3.60. The molecule has 0 spiro atoms. The van der Waals surface area contributed by atoms with E-state index in [2.05, 4.69) is 33.2 Å². The number of piperidine rings is 1. The van der Waals surface area contributed by atoms with E-state index >= 15 is 0 Å². The molecule has 0 aromatic heterocycles. The van der Waals surface area contributed by atoms with Crippen LogP contribution >= 0.6 is 27.5 Å². The van der Waals surface area contributed by atoms with Crippen LogP contribution in [0.3, 0.4) is 0 Å². The summed E-state index contributed by atoms with van der Waals surface area (Å²) in [6.45, 7) is 2.22. The third-order valence-corrected chi connectivity index (χ3v) is 4.60. The Kier molecular flexibility index (Phi) is 4.71. The topological polar surface area (TPSA) is 15.3 Å². The molecule has 0 bridgehead atoms. The molecule has 0 radical (unpaired) electrons. The molecule has 1 saturated heterocycles. The van der Waals surface area contributed by atoms with Gasteiger partial charge in [-0.15, -0.1) is 0 Å². The molecular weight excluding hydrogens is 300 g/mol. The van der Waals surface area contributed by atoms with E-state index < -0.39 is 0 Å². The average molecular weight is 318 g/mol. The molecule has 1 aromatic carbocycles. The smallest absolute Gasteiger partial charge is 0.0549 e. The minimum atomic E-state index is 0.651. The van der Waals surface area contributed by atoms with Gasteiger partial charge < -0.3 is 10.2 Å². The summed E-state index contributed by atoms with van der Waals surface area (Å²) in [5.74, 6) is 0. The van der Waals surface area contributed by atoms with Gasteiger partial charge in [0.1, 0.15) is 0 Å². The van der Waals surface area contributed by atoms with Crippen LogP contribution in [0.5, 0.6) is 0 Å². The van der Waals surface area contributed by atoms with Crippen molar-refractivity contribution in [1.82, 2.24) is 4.90 Å². The van der Waals surface area contributed by atoms with Crippen LogP contribution in [-0.4, -0.2) is 31.1 Å². The van der Waals surface area contributed by atoms with Crippen LogP contribution in [0.15, 0.2) is 22.7 Å². The SMILES string of the molecule is CN1CCCCC1CNc1ccc(Cl)c(Br)c1. The Morgan fingerprint density at radius 1 is 1.47 bits per heavy atom. The van der Waals surface area contributed by atoms with Gasteiger partial charge in [-0.25, -0.2) is 0 Å². The van der Waals surface area contributed by atoms with Crippen molar-refractivity contribution in [1.29, 1.82) is 0 Å². The molecule has 0 aliphatic carbocycles. The van der Waals surface area contributed by atoms with E-state index in [0.29, 0.717) is 6.04 Å². The van der Waals surface area contributed by atoms with Gasteiger partial charge in [-0.2, -0.15) is 0 Å². The fourth-order valence-corrected chi connectivity index (χ4v) is 2.74. The van der Waals surface area contributed by atoms with Crippen molar-refractivity contribution in [2.75, 3.05) is 25.5 Å². The van der Waals surface area contributed by atoms with Gasteiger partial charge >= 0.3 is 0 Å². The van der Waals surface area contributed by atoms with E-state index in [1.54, 1.807) is 0 Å². The summed E-state index contributed by atoms with van der Waals surface area (Å²) in [5.41, 5.74) is 1.13. The Labute approximate surface area is 116 Å². The quantitative estimate of drug-likeness (QED) is 0.906. The maximum Gasteiger partial charge on any atom is 0.0549 e. The maximum absolute atomic E-state index is 5.97. The van der Waals surface area contributed by atoms with E-state index in [4.69, 9.17) is 11.6 Å². The molecule has 1 atom stereocenters. The van der Waals surface area contributed by atoms with Crippen molar-refractivity contribution < 1.29 is 0 Å². The zero-order valence-corrected chi connectivity index (χ0v) is 12.4. The van der Waals surface area contributed by atoms with Crippen LogP contribution in [0.25, 0.3) is 0 Å². The summed E-state index contributed by atoms with van der Waals surface area (Å²) < 4.78 is 0.946. The highest BCUT2D eigenvalue weighted by atomic mass is 79.9. The Morgan fingerprint density at radius 3 is 3.00 bits per heavy atom. The van der Waals surface area contributed by atoms with Gasteiger partial charge in [-0.3, -0.25) is 0 Å². The van der Waals surface area contributed by atoms with Gasteiger partial charge in [-0.05, 0) is 60.6 Å². The molecule has 4 heteroatoms. The number of likely N-dealkylation sites (N-methyl/N-ethyl adjacent to an activating group) is 1. The summed E-state index contributed by atoms with van der Waals surface area (Å²) >= 11 is 9.41. The first-order chi connectivity index (χ1) is 8.16. The Morgan fingerprint density at radius 2 is 2.29 bits per heavy atom. The molecule has 1 heterocycles. The second-order valence-corrected chi connectivity index (χ2v) is 5.90. The number of nitrogens with one attached hydrogen (secondary N) is 1. The van der Waals surface area contributed by atoms with Crippen LogP contribution in [-0.2, 0) is 0 Å². The summed E-state index contributed by atoms with van der Waals surface area (Å²) in [6.07, 6.45) is 3.97. The van der Waals surface area contributed by atoms with Crippen LogP contribution in [0.2, 0.25) is 5.02 Å². The van der Waals surface area contributed by atoms with E-state index in [1.165, 1.54) is 25.8 Å². The van der Waals surface area contributed by atoms with Crippen molar-refractivity contribution in [3.05, 3.63) is 27.7 Å². The molecular formula is C13H18BrClN2. The second-order valence-electron chi connectivity index (χ2n) is 4.64. The first kappa shape index (κ1) is 13.2. The number of benzene rings is 1. The zero-order valence-electron chi connectivity index (χ0n) is 10.0. The average Bonchev–Trinajstić information content (AvgIpc) is 2.32. The third-order valence-electron chi connectivity index (χ3n) is 3.38. The van der Waals surface area contributed by atoms with E-state index in [0.717, 1.165) is 21.7 Å². The Balaban J connectivity index is 1.90. The van der Waals surface area contributed by atoms with E-state index in [9.17, 15) is 0 Å². The molecule has 0 saturated carbocycles. The molecule has 1 unspecified atom stereocenters. The van der Waals surface area contributed by atoms with Crippen LogP contribution in [0, 0.1) is 0 Å². The predicted octanol–water partition coefficient (Wildman–Crippen LogP) is 4.00. The molecule has 1 aliphatic heterocycles. The number of rotatable bonds is 3. The van der Waals surface area contributed by atoms with E-state index in [-0.39, 0.29) is 0 Å². The monoisotopic (exact) mass is 316 g/mol. The zero-order chi connectivity index (χ0) is 12.3. The van der Waals surface area contributed by atoms with Gasteiger partial charge in [0.2, 0.25) is 0 Å². The van der Waals surface area contributed by atoms with Crippen LogP contribution < -0.4 is 5.32 Å². The van der Waals surface area contributed by atoms with Crippen LogP contribution in [0.4, 0.5) is 5.69 Å². The molecule has 17 heavy (non-hydrogen) atoms. The number of halogens is 2. The Bertz CT molecular complexity index is 384. The first-order valence-electron chi connectivity index (χ1n) is 6.06. The summed E-state index contributed by atoms with van der Waals surface area (Å²) in [4.78, 5) is 2.45. The number of hydrogen-bond donors (Lipinski definition) is 1. The fraction of sp³-hybridized carbons (Fsp3) is 0.538. The highest BCUT2D eigenvalue weighted by Gasteiger charge is 2.18. The van der Waals surface area contributed by atoms with Gasteiger partial charge in [0.25, 0.3) is 0 Å². The lowest BCUT2D eigenvalue weighted by molar-refractivity contribution is 0.194. The molecule has 1 fully saturated rings. The number of hydrogen-bond acceptors (Lipinski definition) is 2. The summed E-state index contributed by atoms with van der Waals surface area (Å²) in [7, 11) is 2.21. The molecule has 94 valence electrons. The summed E-state index contributed by atoms with van der Waals surface area (Å²) in [6, 6.07) is 6.62. The molecule has 0 amide bonds. The molecule has 2 rings (SSSR count). The highest BCUT2D eigenvalue weighted by Crippen LogP contribution is 2.26. The van der Waals surface area contributed by atoms with Gasteiger partial charge in [0, 0.05) is 22.7 Å². The first-order valence-corrected chi connectivity index (χ1v) is 7.23. The van der Waals surface area contributed by atoms with Crippen molar-refractivity contribution in [3.8, 4) is 0 Å². The maximum atomic E-state index is 5.97. The lowest BCUT2D eigenvalue weighted by Crippen LogP contribution is -2.40. The molecule has 1 N–H and O–H groups in total. The fourth-order valence-electron chi connectivity index (χ4n) is 2.24. The minimum Gasteiger partial charge on any atom is -0.383 e. The van der Waals surface area contributed by atoms with Crippen molar-refractivity contribution in [2.24, 2.45) is 0 Å². The molecule has 1 aliphatic rings. The Hall–Kier alpha value is -0.250. The highest BCUT2D eigenvalue weighted by molar-refractivity contribution is 9.10. The standard InChI is InChI=1S/C13H18BrClN2/c1-17-7-3-2-4-11(17)9-16-10-5-6-13(15)12(14)8-10/h5-6,8,11,16H,2-4,7,9H2,1H3. The number of anilines is 1. The molecule has 1 aromatic rings. The predicted molar refractivity (Wildman–Crippen MR) is 77.9 cm³/mol. The largest absolute Gasteiger partial charge is 0.383 e. The minimum absolute atomic E-state index is 0.651. The van der Waals surface area contributed by atoms with Crippen molar-refractivity contribution in [3.63, 3.8) is 0 Å². The van der Waals surface area contributed by atoms with E-state index in [1.807, 2.05) is 18.2 Å². The normalized spacial score (nSPS) is 21.5. The van der Waals surface area contributed by atoms with Crippen LogP contribution in [0.1, 0.15) is 19.3 Å².